The Morgan fingerprint density at radius 1 is 1.50 bits per heavy atom. The number of hydrogen-bond donors (Lipinski definition) is 2. The van der Waals surface area contributed by atoms with Crippen molar-refractivity contribution in [2.45, 2.75) is 26.2 Å². The van der Waals surface area contributed by atoms with E-state index in [0.29, 0.717) is 31.1 Å². The molecule has 0 amide bonds. The molecule has 1 aliphatic heterocycles. The van der Waals surface area contributed by atoms with E-state index in [1.54, 1.807) is 12.0 Å². The molecule has 0 atom stereocenters. The summed E-state index contributed by atoms with van der Waals surface area (Å²) in [6.45, 7) is 7.80. The highest BCUT2D eigenvalue weighted by Gasteiger charge is 2.30. The average molecular weight is 295 g/mol. The van der Waals surface area contributed by atoms with Crippen molar-refractivity contribution in [3.05, 3.63) is 21.8 Å². The van der Waals surface area contributed by atoms with Crippen molar-refractivity contribution in [2.75, 3.05) is 26.8 Å². The van der Waals surface area contributed by atoms with Gasteiger partial charge in [-0.25, -0.2) is 4.98 Å². The highest BCUT2D eigenvalue weighted by atomic mass is 32.1. The molecule has 1 aromatic rings. The van der Waals surface area contributed by atoms with Gasteiger partial charge in [-0.2, -0.15) is 0 Å². The van der Waals surface area contributed by atoms with Crippen LogP contribution in [-0.2, 0) is 10.2 Å². The van der Waals surface area contributed by atoms with E-state index in [1.807, 2.05) is 5.38 Å². The second kappa shape index (κ2) is 5.54. The molecule has 110 valence electrons. The van der Waals surface area contributed by atoms with Crippen molar-refractivity contribution in [2.24, 2.45) is 0 Å². The Balaban J connectivity index is 2.22. The predicted molar refractivity (Wildman–Crippen MR) is 81.5 cm³/mol. The van der Waals surface area contributed by atoms with E-state index in [4.69, 9.17) is 10.1 Å². The van der Waals surface area contributed by atoms with Gasteiger partial charge in [0.1, 0.15) is 16.6 Å². The van der Waals surface area contributed by atoms with Gasteiger partial charge in [0.05, 0.1) is 24.4 Å². The number of hydrogen-bond acceptors (Lipinski definition) is 5. The molecule has 20 heavy (non-hydrogen) atoms. The Hall–Kier alpha value is -1.40. The molecule has 0 fully saturated rings. The van der Waals surface area contributed by atoms with Crippen LogP contribution in [0.25, 0.3) is 5.57 Å². The van der Waals surface area contributed by atoms with E-state index in [0.717, 1.165) is 10.7 Å². The molecule has 2 N–H and O–H groups in total. The molecular formula is C14H21N3O2S. The van der Waals surface area contributed by atoms with Crippen LogP contribution in [0, 0.1) is 5.41 Å². The maximum absolute atomic E-state index is 10.1. The summed E-state index contributed by atoms with van der Waals surface area (Å²) in [5, 5.41) is 21.0. The molecule has 2 heterocycles. The summed E-state index contributed by atoms with van der Waals surface area (Å²) in [6, 6.07) is 0. The predicted octanol–water partition coefficient (Wildman–Crippen LogP) is 2.65. The van der Waals surface area contributed by atoms with Gasteiger partial charge < -0.3 is 14.7 Å². The van der Waals surface area contributed by atoms with Crippen molar-refractivity contribution >= 4 is 22.7 Å². The minimum atomic E-state index is -0.0263. The second-order valence-corrected chi connectivity index (χ2v) is 6.73. The van der Waals surface area contributed by atoms with Crippen LogP contribution in [0.3, 0.4) is 0 Å². The number of nitrogens with zero attached hydrogens (tertiary/aromatic N) is 2. The van der Waals surface area contributed by atoms with Crippen molar-refractivity contribution < 1.29 is 9.84 Å². The lowest BCUT2D eigenvalue weighted by atomic mass is 9.93. The zero-order valence-electron chi connectivity index (χ0n) is 12.4. The molecule has 0 unspecified atom stereocenters. The van der Waals surface area contributed by atoms with E-state index in [9.17, 15) is 5.11 Å². The summed E-state index contributed by atoms with van der Waals surface area (Å²) in [5.74, 6) is 0.551. The van der Waals surface area contributed by atoms with Gasteiger partial charge in [-0.3, -0.25) is 5.41 Å². The quantitative estimate of drug-likeness (QED) is 0.896. The van der Waals surface area contributed by atoms with Crippen LogP contribution in [0.15, 0.2) is 11.1 Å². The Morgan fingerprint density at radius 2 is 2.20 bits per heavy atom. The maximum Gasteiger partial charge on any atom is 0.135 e. The Kier molecular flexibility index (Phi) is 4.15. The third kappa shape index (κ3) is 2.86. The number of ether oxygens (including phenoxy) is 1. The zero-order valence-corrected chi connectivity index (χ0v) is 13.2. The lowest BCUT2D eigenvalue weighted by Gasteiger charge is -2.17. The lowest BCUT2D eigenvalue weighted by molar-refractivity contribution is 0.177. The highest BCUT2D eigenvalue weighted by molar-refractivity contribution is 7.11. The number of aliphatic hydroxyl groups is 1. The third-order valence-electron chi connectivity index (χ3n) is 3.23. The first kappa shape index (κ1) is 15.0. The monoisotopic (exact) mass is 295 g/mol. The topological polar surface area (TPSA) is 69.4 Å². The zero-order chi connectivity index (χ0) is 14.9. The van der Waals surface area contributed by atoms with Gasteiger partial charge in [-0.1, -0.05) is 20.8 Å². The summed E-state index contributed by atoms with van der Waals surface area (Å²) in [5.41, 5.74) is 1.52. The summed E-state index contributed by atoms with van der Waals surface area (Å²) < 4.78 is 5.03. The first-order valence-corrected chi connectivity index (χ1v) is 7.44. The Bertz CT molecular complexity index is 543. The molecule has 2 rings (SSSR count). The Labute approximate surface area is 123 Å². The van der Waals surface area contributed by atoms with Crippen LogP contribution < -0.4 is 0 Å². The fraction of sp³-hybridized carbons (Fsp3) is 0.571. The van der Waals surface area contributed by atoms with Crippen molar-refractivity contribution in [1.82, 2.24) is 9.88 Å². The second-order valence-electron chi connectivity index (χ2n) is 5.87. The molecule has 0 aliphatic carbocycles. The van der Waals surface area contributed by atoms with Crippen molar-refractivity contribution in [3.8, 4) is 0 Å². The number of amidine groups is 1. The summed E-state index contributed by atoms with van der Waals surface area (Å²) in [6.07, 6.45) is 0. The van der Waals surface area contributed by atoms with Gasteiger partial charge in [0.25, 0.3) is 0 Å². The summed E-state index contributed by atoms with van der Waals surface area (Å²) in [7, 11) is 1.63. The normalized spacial score (nSPS) is 16.4. The molecule has 0 saturated carbocycles. The van der Waals surface area contributed by atoms with E-state index in [-0.39, 0.29) is 11.2 Å². The first-order chi connectivity index (χ1) is 9.34. The van der Waals surface area contributed by atoms with Crippen molar-refractivity contribution in [3.63, 3.8) is 0 Å². The first-order valence-electron chi connectivity index (χ1n) is 6.56. The molecule has 1 aliphatic rings. The molecule has 0 radical (unpaired) electrons. The van der Waals surface area contributed by atoms with Gasteiger partial charge >= 0.3 is 0 Å². The van der Waals surface area contributed by atoms with Crippen LogP contribution in [0.2, 0.25) is 0 Å². The average Bonchev–Trinajstić information content (AvgIpc) is 2.92. The highest BCUT2D eigenvalue weighted by Crippen LogP contribution is 2.32. The molecule has 0 bridgehead atoms. The van der Waals surface area contributed by atoms with Crippen molar-refractivity contribution in [1.29, 1.82) is 5.41 Å². The summed E-state index contributed by atoms with van der Waals surface area (Å²) in [4.78, 5) is 6.38. The number of aliphatic hydroxyl groups excluding tert-OH is 1. The van der Waals surface area contributed by atoms with E-state index < -0.39 is 0 Å². The number of rotatable bonds is 4. The minimum absolute atomic E-state index is 0.0263. The lowest BCUT2D eigenvalue weighted by Crippen LogP contribution is -2.30. The standard InChI is InChI=1S/C14H21N3O2S/c1-14(2,3)10-8-20-13(16-10)11-9(18)7-17(12(11)15)5-6-19-4/h8,15,18H,5-7H2,1-4H3. The van der Waals surface area contributed by atoms with E-state index >= 15 is 0 Å². The van der Waals surface area contributed by atoms with E-state index in [2.05, 4.69) is 25.8 Å². The van der Waals surface area contributed by atoms with Crippen LogP contribution in [0.5, 0.6) is 0 Å². The van der Waals surface area contributed by atoms with Gasteiger partial charge in [0, 0.05) is 24.4 Å². The molecule has 5 nitrogen and oxygen atoms in total. The van der Waals surface area contributed by atoms with E-state index in [1.165, 1.54) is 11.3 Å². The SMILES string of the molecule is COCCN1CC(O)=C(c2nc(C(C)(C)C)cs2)C1=N. The molecule has 1 aromatic heterocycles. The fourth-order valence-corrected chi connectivity index (χ4v) is 3.10. The third-order valence-corrected chi connectivity index (χ3v) is 4.09. The molecule has 6 heteroatoms. The number of methoxy groups -OCH3 is 1. The molecule has 0 spiro atoms. The van der Waals surface area contributed by atoms with Gasteiger partial charge in [0.2, 0.25) is 0 Å². The van der Waals surface area contributed by atoms with Crippen LogP contribution in [0.1, 0.15) is 31.5 Å². The van der Waals surface area contributed by atoms with Crippen LogP contribution in [0.4, 0.5) is 0 Å². The number of aromatic nitrogens is 1. The largest absolute Gasteiger partial charge is 0.510 e. The van der Waals surface area contributed by atoms with Gasteiger partial charge in [-0.05, 0) is 0 Å². The summed E-state index contributed by atoms with van der Waals surface area (Å²) >= 11 is 1.48. The number of thiazole rings is 1. The number of nitrogens with one attached hydrogen (secondary N) is 1. The molecular weight excluding hydrogens is 274 g/mol. The minimum Gasteiger partial charge on any atom is -0.510 e. The maximum atomic E-state index is 10.1. The van der Waals surface area contributed by atoms with Gasteiger partial charge in [0.15, 0.2) is 0 Å². The fourth-order valence-electron chi connectivity index (χ4n) is 1.98. The molecule has 0 saturated heterocycles. The Morgan fingerprint density at radius 3 is 2.75 bits per heavy atom. The van der Waals surface area contributed by atoms with Crippen LogP contribution >= 0.6 is 11.3 Å². The smallest absolute Gasteiger partial charge is 0.135 e. The molecule has 0 aromatic carbocycles. The van der Waals surface area contributed by atoms with Gasteiger partial charge in [-0.15, -0.1) is 11.3 Å². The van der Waals surface area contributed by atoms with Crippen LogP contribution in [-0.4, -0.2) is 47.6 Å².